The number of hydrogen-bond acceptors (Lipinski definition) is 4. The molecule has 0 amide bonds. The number of nitrogens with zero attached hydrogens (tertiary/aromatic N) is 4. The third kappa shape index (κ3) is 3.31. The topological polar surface area (TPSA) is 55.1 Å². The first-order valence-electron chi connectivity index (χ1n) is 8.90. The van der Waals surface area contributed by atoms with E-state index in [4.69, 9.17) is 0 Å². The van der Waals surface area contributed by atoms with E-state index in [9.17, 15) is 0 Å². The average Bonchev–Trinajstić information content (AvgIpc) is 2.97. The molecule has 0 aliphatic rings. The van der Waals surface area contributed by atoms with Crippen LogP contribution in [0.1, 0.15) is 22.5 Å². The van der Waals surface area contributed by atoms with Gasteiger partial charge in [0.2, 0.25) is 0 Å². The highest BCUT2D eigenvalue weighted by Gasteiger charge is 2.11. The maximum Gasteiger partial charge on any atom is 0.147 e. The second kappa shape index (κ2) is 7.03. The Morgan fingerprint density at radius 1 is 0.963 bits per heavy atom. The molecule has 2 aromatic heterocycles. The Hall–Kier alpha value is -3.47. The van der Waals surface area contributed by atoms with Crippen LogP contribution in [0.2, 0.25) is 0 Å². The Kier molecular flexibility index (Phi) is 4.42. The van der Waals surface area contributed by atoms with Crippen LogP contribution in [-0.4, -0.2) is 21.0 Å². The van der Waals surface area contributed by atoms with E-state index in [-0.39, 0.29) is 0 Å². The summed E-state index contributed by atoms with van der Waals surface area (Å²) in [6.07, 6.45) is 1.81. The van der Waals surface area contributed by atoms with Crippen LogP contribution in [-0.2, 0) is 0 Å². The van der Waals surface area contributed by atoms with Gasteiger partial charge in [0, 0.05) is 10.9 Å². The van der Waals surface area contributed by atoms with Crippen LogP contribution in [0.25, 0.3) is 16.6 Å². The number of benzene rings is 2. The predicted octanol–water partition coefficient (Wildman–Crippen LogP) is 4.79. The highest BCUT2D eigenvalue weighted by atomic mass is 15.3. The van der Waals surface area contributed by atoms with Gasteiger partial charge in [-0.3, -0.25) is 5.43 Å². The van der Waals surface area contributed by atoms with Crippen LogP contribution >= 0.6 is 0 Å². The number of fused-ring (bicyclic) bond motifs is 1. The second-order valence-electron chi connectivity index (χ2n) is 6.54. The lowest BCUT2D eigenvalue weighted by atomic mass is 10.1. The van der Waals surface area contributed by atoms with Gasteiger partial charge in [0.05, 0.1) is 28.8 Å². The van der Waals surface area contributed by atoms with Gasteiger partial charge in [-0.05, 0) is 50.6 Å². The van der Waals surface area contributed by atoms with Crippen LogP contribution in [0.5, 0.6) is 0 Å². The van der Waals surface area contributed by atoms with Crippen LogP contribution < -0.4 is 5.43 Å². The van der Waals surface area contributed by atoms with Crippen LogP contribution in [0, 0.1) is 20.8 Å². The zero-order chi connectivity index (χ0) is 18.8. The van der Waals surface area contributed by atoms with Gasteiger partial charge in [-0.2, -0.15) is 10.2 Å². The summed E-state index contributed by atoms with van der Waals surface area (Å²) in [5.41, 5.74) is 9.20. The summed E-state index contributed by atoms with van der Waals surface area (Å²) in [6, 6.07) is 20.2. The standard InChI is InChI=1S/C22H21N5/c1-15-13-22(24-21-12-8-7-11-19(15)21)25-23-14-20-16(2)26-27(17(20)3)18-9-5-4-6-10-18/h4-14H,1-3H3,(H,24,25)/b23-14+. The summed E-state index contributed by atoms with van der Waals surface area (Å²) >= 11 is 0. The Bertz CT molecular complexity index is 1130. The Labute approximate surface area is 158 Å². The number of rotatable bonds is 4. The van der Waals surface area contributed by atoms with Gasteiger partial charge in [-0.1, -0.05) is 36.4 Å². The van der Waals surface area contributed by atoms with Crippen LogP contribution in [0.3, 0.4) is 0 Å². The first-order chi connectivity index (χ1) is 13.1. The van der Waals surface area contributed by atoms with E-state index in [1.165, 1.54) is 5.56 Å². The molecule has 5 heteroatoms. The van der Waals surface area contributed by atoms with Crippen molar-refractivity contribution in [3.05, 3.63) is 83.2 Å². The number of hydrogen-bond donors (Lipinski definition) is 1. The first kappa shape index (κ1) is 17.0. The molecule has 134 valence electrons. The van der Waals surface area contributed by atoms with E-state index in [1.807, 2.05) is 79.3 Å². The lowest BCUT2D eigenvalue weighted by Gasteiger charge is -2.05. The molecule has 5 nitrogen and oxygen atoms in total. The molecule has 0 spiro atoms. The third-order valence-electron chi connectivity index (χ3n) is 4.64. The zero-order valence-electron chi connectivity index (χ0n) is 15.6. The maximum atomic E-state index is 4.64. The number of anilines is 1. The smallest absolute Gasteiger partial charge is 0.147 e. The maximum absolute atomic E-state index is 4.64. The summed E-state index contributed by atoms with van der Waals surface area (Å²) in [5.74, 6) is 0.730. The zero-order valence-corrected chi connectivity index (χ0v) is 15.6. The van der Waals surface area contributed by atoms with Crippen molar-refractivity contribution in [1.82, 2.24) is 14.8 Å². The lowest BCUT2D eigenvalue weighted by Crippen LogP contribution is -1.99. The van der Waals surface area contributed by atoms with Crippen LogP contribution in [0.15, 0.2) is 65.8 Å². The van der Waals surface area contributed by atoms with Crippen molar-refractivity contribution in [1.29, 1.82) is 0 Å². The van der Waals surface area contributed by atoms with Crippen LogP contribution in [0.4, 0.5) is 5.82 Å². The van der Waals surface area contributed by atoms with E-state index < -0.39 is 0 Å². The average molecular weight is 355 g/mol. The molecular weight excluding hydrogens is 334 g/mol. The molecule has 0 radical (unpaired) electrons. The molecule has 4 rings (SSSR count). The van der Waals surface area contributed by atoms with E-state index in [1.54, 1.807) is 0 Å². The Morgan fingerprint density at radius 2 is 1.70 bits per heavy atom. The summed E-state index contributed by atoms with van der Waals surface area (Å²) in [6.45, 7) is 6.12. The molecule has 0 saturated carbocycles. The second-order valence-corrected chi connectivity index (χ2v) is 6.54. The van der Waals surface area contributed by atoms with Crippen molar-refractivity contribution in [3.8, 4) is 5.69 Å². The molecule has 0 bridgehead atoms. The van der Waals surface area contributed by atoms with Gasteiger partial charge in [0.25, 0.3) is 0 Å². The summed E-state index contributed by atoms with van der Waals surface area (Å²) in [7, 11) is 0. The van der Waals surface area contributed by atoms with Gasteiger partial charge < -0.3 is 0 Å². The van der Waals surface area contributed by atoms with E-state index >= 15 is 0 Å². The number of pyridine rings is 1. The van der Waals surface area contributed by atoms with Crippen molar-refractivity contribution in [2.75, 3.05) is 5.43 Å². The fourth-order valence-electron chi connectivity index (χ4n) is 3.23. The minimum Gasteiger partial charge on any atom is -0.261 e. The normalized spacial score (nSPS) is 11.4. The molecule has 0 fully saturated rings. The fourth-order valence-corrected chi connectivity index (χ4v) is 3.23. The number of nitrogens with one attached hydrogen (secondary N) is 1. The largest absolute Gasteiger partial charge is 0.261 e. The van der Waals surface area contributed by atoms with E-state index in [0.29, 0.717) is 0 Å². The molecule has 0 unspecified atom stereocenters. The van der Waals surface area contributed by atoms with Crippen molar-refractivity contribution in [2.24, 2.45) is 5.10 Å². The third-order valence-corrected chi connectivity index (χ3v) is 4.64. The minimum absolute atomic E-state index is 0.730. The van der Waals surface area contributed by atoms with E-state index in [0.717, 1.165) is 39.4 Å². The highest BCUT2D eigenvalue weighted by Crippen LogP contribution is 2.20. The van der Waals surface area contributed by atoms with Crippen molar-refractivity contribution < 1.29 is 0 Å². The van der Waals surface area contributed by atoms with Gasteiger partial charge in [0.1, 0.15) is 5.82 Å². The predicted molar refractivity (Wildman–Crippen MR) is 111 cm³/mol. The minimum atomic E-state index is 0.730. The molecule has 0 aliphatic heterocycles. The lowest BCUT2D eigenvalue weighted by molar-refractivity contribution is 0.833. The molecule has 0 aliphatic carbocycles. The molecule has 2 heterocycles. The van der Waals surface area contributed by atoms with Gasteiger partial charge in [-0.25, -0.2) is 9.67 Å². The van der Waals surface area contributed by atoms with Crippen molar-refractivity contribution >= 4 is 22.9 Å². The highest BCUT2D eigenvalue weighted by molar-refractivity contribution is 5.85. The Morgan fingerprint density at radius 3 is 2.52 bits per heavy atom. The number of aryl methyl sites for hydroxylation is 2. The van der Waals surface area contributed by atoms with E-state index in [2.05, 4.69) is 33.6 Å². The van der Waals surface area contributed by atoms with Crippen molar-refractivity contribution in [2.45, 2.75) is 20.8 Å². The van der Waals surface area contributed by atoms with Gasteiger partial charge >= 0.3 is 0 Å². The van der Waals surface area contributed by atoms with Gasteiger partial charge in [0.15, 0.2) is 0 Å². The first-order valence-corrected chi connectivity index (χ1v) is 8.90. The quantitative estimate of drug-likeness (QED) is 0.423. The number of hydrazone groups is 1. The number of aromatic nitrogens is 3. The molecule has 0 saturated heterocycles. The molecule has 0 atom stereocenters. The molecular formula is C22H21N5. The van der Waals surface area contributed by atoms with Crippen molar-refractivity contribution in [3.63, 3.8) is 0 Å². The number of para-hydroxylation sites is 2. The Balaban J connectivity index is 1.60. The summed E-state index contributed by atoms with van der Waals surface area (Å²) < 4.78 is 1.94. The molecule has 4 aromatic rings. The van der Waals surface area contributed by atoms with Gasteiger partial charge in [-0.15, -0.1) is 0 Å². The summed E-state index contributed by atoms with van der Waals surface area (Å²) in [4.78, 5) is 4.62. The molecule has 27 heavy (non-hydrogen) atoms. The SMILES string of the molecule is Cc1nn(-c2ccccc2)c(C)c1/C=N/Nc1cc(C)c2ccccc2n1. The monoisotopic (exact) mass is 355 g/mol. The molecule has 1 N–H and O–H groups in total. The summed E-state index contributed by atoms with van der Waals surface area (Å²) in [5, 5.41) is 10.2. The fraction of sp³-hybridized carbons (Fsp3) is 0.136. The molecule has 2 aromatic carbocycles.